The highest BCUT2D eigenvalue weighted by molar-refractivity contribution is 7.92. The van der Waals surface area contributed by atoms with E-state index in [1.807, 2.05) is 6.07 Å². The lowest BCUT2D eigenvalue weighted by Gasteiger charge is -2.18. The van der Waals surface area contributed by atoms with Crippen LogP contribution in [-0.4, -0.2) is 53.4 Å². The van der Waals surface area contributed by atoms with Crippen molar-refractivity contribution < 1.29 is 36.2 Å². The fourth-order valence-electron chi connectivity index (χ4n) is 3.99. The first-order valence-corrected chi connectivity index (χ1v) is 12.3. The van der Waals surface area contributed by atoms with Crippen molar-refractivity contribution in [3.05, 3.63) is 36.0 Å². The van der Waals surface area contributed by atoms with Gasteiger partial charge in [-0.05, 0) is 50.3 Å². The predicted molar refractivity (Wildman–Crippen MR) is 118 cm³/mol. The molecule has 2 aliphatic carbocycles. The minimum Gasteiger partial charge on any atom is -0.465 e. The van der Waals surface area contributed by atoms with Crippen LogP contribution < -0.4 is 5.32 Å². The number of aryl methyl sites for hydroxylation is 1. The Morgan fingerprint density at radius 1 is 1.31 bits per heavy atom. The van der Waals surface area contributed by atoms with Crippen molar-refractivity contribution >= 4 is 15.9 Å². The molecule has 0 bridgehead atoms. The fourth-order valence-corrected chi connectivity index (χ4v) is 6.00. The third-order valence-electron chi connectivity index (χ3n) is 6.13. The number of nitrogens with zero attached hydrogens (tertiary/aromatic N) is 3. The Labute approximate surface area is 200 Å². The van der Waals surface area contributed by atoms with Crippen molar-refractivity contribution in [2.24, 2.45) is 7.05 Å². The first-order valence-electron chi connectivity index (χ1n) is 10.7. The third-order valence-corrected chi connectivity index (χ3v) is 8.40. The second-order valence-electron chi connectivity index (χ2n) is 8.51. The van der Waals surface area contributed by atoms with Crippen LogP contribution in [0.25, 0.3) is 11.3 Å². The van der Waals surface area contributed by atoms with E-state index in [0.29, 0.717) is 31.4 Å². The van der Waals surface area contributed by atoms with Crippen LogP contribution in [0.4, 0.5) is 18.0 Å². The van der Waals surface area contributed by atoms with Crippen molar-refractivity contribution in [2.45, 2.75) is 60.1 Å². The number of alkyl halides is 3. The molecule has 9 nitrogen and oxygen atoms in total. The van der Waals surface area contributed by atoms with Crippen molar-refractivity contribution in [1.82, 2.24) is 15.1 Å². The number of rotatable bonds is 5. The molecule has 0 saturated heterocycles. The Morgan fingerprint density at radius 2 is 2.00 bits per heavy atom. The molecule has 2 atom stereocenters. The number of nitriles is 1. The van der Waals surface area contributed by atoms with E-state index in [9.17, 15) is 26.4 Å². The molecule has 1 aromatic heterocycles. The van der Waals surface area contributed by atoms with Gasteiger partial charge in [-0.3, -0.25) is 4.68 Å². The molecule has 4 rings (SSSR count). The zero-order valence-electron chi connectivity index (χ0n) is 19.0. The quantitative estimate of drug-likeness (QED) is 0.620. The highest BCUT2D eigenvalue weighted by atomic mass is 32.2. The summed E-state index contributed by atoms with van der Waals surface area (Å²) in [6, 6.07) is 6.79. The van der Waals surface area contributed by atoms with Crippen LogP contribution in [0, 0.1) is 11.3 Å². The molecule has 2 aromatic rings. The monoisotopic (exact) mass is 514 g/mol. The van der Waals surface area contributed by atoms with Crippen LogP contribution in [0.5, 0.6) is 0 Å². The summed E-state index contributed by atoms with van der Waals surface area (Å²) < 4.78 is 73.2. The van der Waals surface area contributed by atoms with Gasteiger partial charge < -0.3 is 15.2 Å². The van der Waals surface area contributed by atoms with Gasteiger partial charge >= 0.3 is 12.3 Å². The van der Waals surface area contributed by atoms with E-state index in [2.05, 4.69) is 10.4 Å². The highest BCUT2D eigenvalue weighted by Crippen LogP contribution is 2.40. The number of ether oxygens (including phenoxy) is 1. The lowest BCUT2D eigenvalue weighted by molar-refractivity contribution is -0.139. The van der Waals surface area contributed by atoms with Crippen LogP contribution in [0.15, 0.2) is 35.4 Å². The van der Waals surface area contributed by atoms with E-state index in [0.717, 1.165) is 12.1 Å². The molecule has 1 amide bonds. The van der Waals surface area contributed by atoms with E-state index in [1.165, 1.54) is 24.1 Å². The van der Waals surface area contributed by atoms with Crippen LogP contribution in [0.2, 0.25) is 0 Å². The maximum absolute atomic E-state index is 13.6. The number of carbonyl (C=O) groups is 1. The Bertz CT molecular complexity index is 1230. The number of hydrogen-bond acceptors (Lipinski definition) is 6. The van der Waals surface area contributed by atoms with Gasteiger partial charge in [-0.2, -0.15) is 23.5 Å². The standard InChI is InChI=1S/C17H19F3N2O3S.C5H6N2O2/c1-22-15(7-8-21-22)11-3-6-16(14(9-11)17(18,19)20)26(23,24)13-5-4-12(10-13)25-2;6-3-5(1-2-5)7-4(8)9/h3,6-9,12-13H,4-5,10H2,1-2H3;7H,1-2H2,(H,8,9)/t12-,13-;/m0./s1. The number of halogens is 3. The molecule has 0 spiro atoms. The Hall–Kier alpha value is -3.11. The molecule has 2 saturated carbocycles. The number of hydrogen-bond donors (Lipinski definition) is 2. The zero-order chi connectivity index (χ0) is 26.0. The second kappa shape index (κ2) is 9.87. The Kier molecular flexibility index (Phi) is 7.47. The van der Waals surface area contributed by atoms with E-state index in [4.69, 9.17) is 15.1 Å². The van der Waals surface area contributed by atoms with Gasteiger partial charge in [-0.15, -0.1) is 0 Å². The Balaban J connectivity index is 0.000000320. The van der Waals surface area contributed by atoms with Gasteiger partial charge in [0.15, 0.2) is 9.84 Å². The third kappa shape index (κ3) is 5.94. The van der Waals surface area contributed by atoms with Crippen molar-refractivity contribution in [3.8, 4) is 17.3 Å². The minimum absolute atomic E-state index is 0.208. The van der Waals surface area contributed by atoms with Crippen LogP contribution in [0.3, 0.4) is 0 Å². The number of benzene rings is 1. The second-order valence-corrected chi connectivity index (χ2v) is 10.7. The molecule has 1 aromatic carbocycles. The summed E-state index contributed by atoms with van der Waals surface area (Å²) in [6.45, 7) is 0. The van der Waals surface area contributed by atoms with Gasteiger partial charge in [0.25, 0.3) is 0 Å². The summed E-state index contributed by atoms with van der Waals surface area (Å²) >= 11 is 0. The summed E-state index contributed by atoms with van der Waals surface area (Å²) in [5.74, 6) is 0. The number of amides is 1. The molecule has 0 aliphatic heterocycles. The van der Waals surface area contributed by atoms with Crippen molar-refractivity contribution in [1.29, 1.82) is 5.26 Å². The summed E-state index contributed by atoms with van der Waals surface area (Å²) in [6.07, 6.45) is -2.35. The minimum atomic E-state index is -4.78. The van der Waals surface area contributed by atoms with Gasteiger partial charge in [0.2, 0.25) is 0 Å². The molecular weight excluding hydrogens is 489 g/mol. The summed E-state index contributed by atoms with van der Waals surface area (Å²) in [4.78, 5) is 9.28. The maximum Gasteiger partial charge on any atom is 0.417 e. The normalized spacial score (nSPS) is 20.9. The van der Waals surface area contributed by atoms with E-state index >= 15 is 0 Å². The van der Waals surface area contributed by atoms with Crippen LogP contribution in [-0.2, 0) is 27.8 Å². The number of methoxy groups -OCH3 is 1. The maximum atomic E-state index is 13.6. The van der Waals surface area contributed by atoms with Crippen molar-refractivity contribution in [2.75, 3.05) is 7.11 Å². The fraction of sp³-hybridized carbons (Fsp3) is 0.500. The molecule has 2 aliphatic rings. The first kappa shape index (κ1) is 26.5. The largest absolute Gasteiger partial charge is 0.465 e. The van der Waals surface area contributed by atoms with Gasteiger partial charge in [0, 0.05) is 25.9 Å². The highest BCUT2D eigenvalue weighted by Gasteiger charge is 2.45. The smallest absolute Gasteiger partial charge is 0.417 e. The molecule has 0 radical (unpaired) electrons. The molecule has 2 fully saturated rings. The zero-order valence-corrected chi connectivity index (χ0v) is 19.9. The molecule has 13 heteroatoms. The van der Waals surface area contributed by atoms with E-state index in [-0.39, 0.29) is 18.1 Å². The number of nitrogens with one attached hydrogen (secondary N) is 1. The molecule has 0 unspecified atom stereocenters. The molecular formula is C22H25F3N4O5S. The number of aromatic nitrogens is 2. The first-order chi connectivity index (χ1) is 16.3. The van der Waals surface area contributed by atoms with E-state index < -0.39 is 43.4 Å². The molecule has 190 valence electrons. The topological polar surface area (TPSA) is 134 Å². The van der Waals surface area contributed by atoms with Gasteiger partial charge in [0.1, 0.15) is 5.54 Å². The predicted octanol–water partition coefficient (Wildman–Crippen LogP) is 3.76. The Morgan fingerprint density at radius 3 is 2.43 bits per heavy atom. The molecule has 1 heterocycles. The average molecular weight is 515 g/mol. The average Bonchev–Trinajstić information content (AvgIpc) is 3.18. The number of sulfone groups is 1. The SMILES string of the molecule is CO[C@H]1CC[C@H](S(=O)(=O)c2ccc(-c3ccnn3C)cc2C(F)(F)F)C1.N#CC1(NC(=O)O)CC1. The molecule has 35 heavy (non-hydrogen) atoms. The summed E-state index contributed by atoms with van der Waals surface area (Å²) in [5, 5.41) is 21.7. The van der Waals surface area contributed by atoms with Gasteiger partial charge in [-0.25, -0.2) is 13.2 Å². The van der Waals surface area contributed by atoms with Gasteiger partial charge in [-0.1, -0.05) is 6.07 Å². The lowest BCUT2D eigenvalue weighted by Crippen LogP contribution is -2.33. The van der Waals surface area contributed by atoms with E-state index in [1.54, 1.807) is 13.1 Å². The van der Waals surface area contributed by atoms with Crippen LogP contribution >= 0.6 is 0 Å². The molecule has 2 N–H and O–H groups in total. The van der Waals surface area contributed by atoms with Crippen molar-refractivity contribution in [3.63, 3.8) is 0 Å². The van der Waals surface area contributed by atoms with Crippen LogP contribution in [0.1, 0.15) is 37.7 Å². The lowest BCUT2D eigenvalue weighted by atomic mass is 10.1. The summed E-state index contributed by atoms with van der Waals surface area (Å²) in [5.41, 5.74) is -1.14. The van der Waals surface area contributed by atoms with Gasteiger partial charge in [0.05, 0.1) is 33.6 Å². The summed E-state index contributed by atoms with van der Waals surface area (Å²) in [7, 11) is -1.03. The number of carboxylic acid groups (broad SMARTS) is 1.